The molecule has 1 aliphatic heterocycles. The Morgan fingerprint density at radius 3 is 2.82 bits per heavy atom. The van der Waals surface area contributed by atoms with Crippen molar-refractivity contribution in [3.8, 4) is 5.75 Å². The molecular formula is C21H36IN3O3. The summed E-state index contributed by atoms with van der Waals surface area (Å²) in [6, 6.07) is 8.13. The molecule has 1 atom stereocenters. The molecule has 0 amide bonds. The Morgan fingerprint density at radius 2 is 2.11 bits per heavy atom. The second-order valence-electron chi connectivity index (χ2n) is 7.32. The van der Waals surface area contributed by atoms with Gasteiger partial charge in [0.2, 0.25) is 0 Å². The highest BCUT2D eigenvalue weighted by atomic mass is 127. The van der Waals surface area contributed by atoms with E-state index in [4.69, 9.17) is 14.2 Å². The number of guanidine groups is 1. The second kappa shape index (κ2) is 14.9. The molecule has 0 aliphatic carbocycles. The van der Waals surface area contributed by atoms with Crippen molar-refractivity contribution in [2.75, 3.05) is 46.6 Å². The van der Waals surface area contributed by atoms with Crippen LogP contribution in [0.2, 0.25) is 0 Å². The van der Waals surface area contributed by atoms with Gasteiger partial charge in [0.25, 0.3) is 0 Å². The zero-order chi connectivity index (χ0) is 19.3. The van der Waals surface area contributed by atoms with E-state index < -0.39 is 0 Å². The normalized spacial score (nSPS) is 16.7. The molecule has 0 bridgehead atoms. The van der Waals surface area contributed by atoms with Gasteiger partial charge in [0.1, 0.15) is 5.75 Å². The fourth-order valence-electron chi connectivity index (χ4n) is 2.79. The number of nitrogens with zero attached hydrogens (tertiary/aromatic N) is 1. The number of ether oxygens (including phenoxy) is 3. The van der Waals surface area contributed by atoms with Crippen LogP contribution in [-0.4, -0.2) is 52.6 Å². The summed E-state index contributed by atoms with van der Waals surface area (Å²) in [5.41, 5.74) is 1.13. The van der Waals surface area contributed by atoms with Crippen LogP contribution in [0.3, 0.4) is 0 Å². The van der Waals surface area contributed by atoms with Crippen LogP contribution in [0, 0.1) is 11.8 Å². The quantitative estimate of drug-likeness (QED) is 0.209. The number of rotatable bonds is 11. The first-order chi connectivity index (χ1) is 13.2. The second-order valence-corrected chi connectivity index (χ2v) is 7.32. The molecule has 1 fully saturated rings. The van der Waals surface area contributed by atoms with Crippen LogP contribution in [0.1, 0.15) is 32.3 Å². The summed E-state index contributed by atoms with van der Waals surface area (Å²) < 4.78 is 17.0. The molecular weight excluding hydrogens is 469 g/mol. The van der Waals surface area contributed by atoms with Gasteiger partial charge in [-0.2, -0.15) is 0 Å². The summed E-state index contributed by atoms with van der Waals surface area (Å²) >= 11 is 0. The number of aliphatic imine (C=N–C) groups is 1. The van der Waals surface area contributed by atoms with Crippen LogP contribution >= 0.6 is 24.0 Å². The minimum absolute atomic E-state index is 0. The molecule has 28 heavy (non-hydrogen) atoms. The molecule has 0 aromatic heterocycles. The van der Waals surface area contributed by atoms with Gasteiger partial charge in [-0.05, 0) is 24.8 Å². The van der Waals surface area contributed by atoms with Gasteiger partial charge in [0, 0.05) is 44.8 Å². The maximum absolute atomic E-state index is 5.91. The lowest BCUT2D eigenvalue weighted by Crippen LogP contribution is -2.37. The van der Waals surface area contributed by atoms with Crippen molar-refractivity contribution in [3.05, 3.63) is 29.8 Å². The first kappa shape index (κ1) is 25.0. The van der Waals surface area contributed by atoms with E-state index in [1.807, 2.05) is 18.2 Å². The predicted molar refractivity (Wildman–Crippen MR) is 125 cm³/mol. The van der Waals surface area contributed by atoms with Crippen molar-refractivity contribution in [1.82, 2.24) is 10.6 Å². The Kier molecular flexibility index (Phi) is 13.3. The van der Waals surface area contributed by atoms with E-state index >= 15 is 0 Å². The molecule has 7 heteroatoms. The number of para-hydroxylation sites is 1. The van der Waals surface area contributed by atoms with Crippen molar-refractivity contribution in [2.24, 2.45) is 16.8 Å². The maximum atomic E-state index is 5.91. The number of benzene rings is 1. The third-order valence-corrected chi connectivity index (χ3v) is 4.35. The minimum atomic E-state index is 0. The number of halogens is 1. The van der Waals surface area contributed by atoms with Crippen molar-refractivity contribution in [2.45, 2.75) is 33.2 Å². The number of nitrogens with one attached hydrogen (secondary N) is 2. The van der Waals surface area contributed by atoms with E-state index in [2.05, 4.69) is 35.5 Å². The lowest BCUT2D eigenvalue weighted by atomic mass is 10.1. The molecule has 160 valence electrons. The van der Waals surface area contributed by atoms with Crippen LogP contribution in [-0.2, 0) is 16.0 Å². The fourth-order valence-corrected chi connectivity index (χ4v) is 2.79. The van der Waals surface area contributed by atoms with E-state index in [-0.39, 0.29) is 24.0 Å². The molecule has 2 rings (SSSR count). The largest absolute Gasteiger partial charge is 0.493 e. The first-order valence-electron chi connectivity index (χ1n) is 9.99. The van der Waals surface area contributed by atoms with E-state index in [1.165, 1.54) is 0 Å². The Balaban J connectivity index is 0.00000392. The van der Waals surface area contributed by atoms with Gasteiger partial charge >= 0.3 is 0 Å². The van der Waals surface area contributed by atoms with Crippen molar-refractivity contribution in [3.63, 3.8) is 0 Å². The molecule has 6 nitrogen and oxygen atoms in total. The Hall–Kier alpha value is -1.06. The highest BCUT2D eigenvalue weighted by Crippen LogP contribution is 2.18. The predicted octanol–water partition coefficient (Wildman–Crippen LogP) is 3.45. The van der Waals surface area contributed by atoms with Crippen LogP contribution < -0.4 is 15.4 Å². The highest BCUT2D eigenvalue weighted by Gasteiger charge is 2.15. The Labute approximate surface area is 186 Å². The van der Waals surface area contributed by atoms with Gasteiger partial charge in [0.15, 0.2) is 5.96 Å². The number of hydrogen-bond acceptors (Lipinski definition) is 4. The lowest BCUT2D eigenvalue weighted by Gasteiger charge is -2.16. The SMILES string of the molecule is CN=C(NCCCOCC1CCOC1)NCc1ccccc1OCC(C)C.I. The van der Waals surface area contributed by atoms with Gasteiger partial charge in [-0.25, -0.2) is 0 Å². The smallest absolute Gasteiger partial charge is 0.191 e. The summed E-state index contributed by atoms with van der Waals surface area (Å²) in [6.07, 6.45) is 2.07. The molecule has 1 saturated heterocycles. The maximum Gasteiger partial charge on any atom is 0.191 e. The molecule has 1 aromatic carbocycles. The highest BCUT2D eigenvalue weighted by molar-refractivity contribution is 14.0. The Bertz CT molecular complexity index is 564. The molecule has 1 aromatic rings. The first-order valence-corrected chi connectivity index (χ1v) is 9.99. The van der Waals surface area contributed by atoms with E-state index in [0.29, 0.717) is 18.4 Å². The van der Waals surface area contributed by atoms with Crippen LogP contribution in [0.25, 0.3) is 0 Å². The molecule has 1 unspecified atom stereocenters. The van der Waals surface area contributed by atoms with Gasteiger partial charge in [-0.3, -0.25) is 4.99 Å². The molecule has 0 saturated carbocycles. The summed E-state index contributed by atoms with van der Waals surface area (Å²) in [4.78, 5) is 4.28. The number of hydrogen-bond donors (Lipinski definition) is 2. The average molecular weight is 505 g/mol. The zero-order valence-corrected chi connectivity index (χ0v) is 19.7. The molecule has 0 radical (unpaired) electrons. The summed E-state index contributed by atoms with van der Waals surface area (Å²) in [6.45, 7) is 9.80. The van der Waals surface area contributed by atoms with Gasteiger partial charge in [-0.15, -0.1) is 24.0 Å². The third-order valence-electron chi connectivity index (χ3n) is 4.35. The molecule has 0 spiro atoms. The average Bonchev–Trinajstić information content (AvgIpc) is 3.19. The van der Waals surface area contributed by atoms with Crippen LogP contribution in [0.15, 0.2) is 29.3 Å². The van der Waals surface area contributed by atoms with Crippen LogP contribution in [0.5, 0.6) is 5.75 Å². The van der Waals surface area contributed by atoms with E-state index in [0.717, 1.165) is 69.7 Å². The summed E-state index contributed by atoms with van der Waals surface area (Å²) in [7, 11) is 1.78. The van der Waals surface area contributed by atoms with Crippen molar-refractivity contribution in [1.29, 1.82) is 0 Å². The van der Waals surface area contributed by atoms with Crippen molar-refractivity contribution >= 4 is 29.9 Å². The standard InChI is InChI=1S/C21H35N3O3.HI/c1-17(2)14-27-20-8-5-4-7-19(20)13-24-21(22-3)23-10-6-11-25-15-18-9-12-26-16-18;/h4-5,7-8,17-18H,6,9-16H2,1-3H3,(H2,22,23,24);1H. The topological polar surface area (TPSA) is 64.1 Å². The van der Waals surface area contributed by atoms with Gasteiger partial charge in [-0.1, -0.05) is 32.0 Å². The molecule has 1 aliphatic rings. The fraction of sp³-hybridized carbons (Fsp3) is 0.667. The van der Waals surface area contributed by atoms with Crippen LogP contribution in [0.4, 0.5) is 0 Å². The summed E-state index contributed by atoms with van der Waals surface area (Å²) in [5.74, 6) is 2.80. The summed E-state index contributed by atoms with van der Waals surface area (Å²) in [5, 5.41) is 6.68. The van der Waals surface area contributed by atoms with Crippen molar-refractivity contribution < 1.29 is 14.2 Å². The van der Waals surface area contributed by atoms with E-state index in [9.17, 15) is 0 Å². The zero-order valence-electron chi connectivity index (χ0n) is 17.4. The third kappa shape index (κ3) is 9.93. The van der Waals surface area contributed by atoms with Gasteiger partial charge in [0.05, 0.1) is 19.8 Å². The molecule has 1 heterocycles. The van der Waals surface area contributed by atoms with Gasteiger partial charge < -0.3 is 24.8 Å². The Morgan fingerprint density at radius 1 is 1.29 bits per heavy atom. The lowest BCUT2D eigenvalue weighted by molar-refractivity contribution is 0.0888. The van der Waals surface area contributed by atoms with E-state index in [1.54, 1.807) is 7.05 Å². The minimum Gasteiger partial charge on any atom is -0.493 e. The monoisotopic (exact) mass is 505 g/mol. The molecule has 2 N–H and O–H groups in total.